The van der Waals surface area contributed by atoms with Gasteiger partial charge in [0.05, 0.1) is 13.7 Å². The fourth-order valence-corrected chi connectivity index (χ4v) is 2.72. The van der Waals surface area contributed by atoms with Crippen molar-refractivity contribution in [3.05, 3.63) is 36.4 Å². The quantitative estimate of drug-likeness (QED) is 0.794. The molecule has 1 aliphatic carbocycles. The van der Waals surface area contributed by atoms with Gasteiger partial charge in [0, 0.05) is 12.8 Å². The molecule has 20 heavy (non-hydrogen) atoms. The molecule has 3 rings (SSSR count). The van der Waals surface area contributed by atoms with Crippen LogP contribution < -0.4 is 4.74 Å². The summed E-state index contributed by atoms with van der Waals surface area (Å²) in [6.07, 6.45) is 3.83. The van der Waals surface area contributed by atoms with Crippen LogP contribution in [0, 0.1) is 0 Å². The monoisotopic (exact) mass is 276 g/mol. The van der Waals surface area contributed by atoms with Gasteiger partial charge in [-0.05, 0) is 36.1 Å². The lowest BCUT2D eigenvalue weighted by Gasteiger charge is -2.36. The summed E-state index contributed by atoms with van der Waals surface area (Å²) in [5, 5.41) is 0. The standard InChI is InChI=1S/C16H20O4/c1-12(13-5-7-14(17-2)8-6-13)15-11-18-16(20-19-15)9-3-4-10-16/h5-8,15H,1,3-4,9-11H2,2H3. The molecule has 0 aromatic heterocycles. The van der Waals surface area contributed by atoms with E-state index >= 15 is 0 Å². The van der Waals surface area contributed by atoms with E-state index in [1.807, 2.05) is 24.3 Å². The highest BCUT2D eigenvalue weighted by Crippen LogP contribution is 2.39. The molecule has 1 aromatic carbocycles. The first kappa shape index (κ1) is 13.6. The van der Waals surface area contributed by atoms with Crippen LogP contribution >= 0.6 is 0 Å². The molecule has 1 atom stereocenters. The molecule has 1 spiro atoms. The van der Waals surface area contributed by atoms with Gasteiger partial charge in [-0.3, -0.25) is 0 Å². The van der Waals surface area contributed by atoms with Crippen molar-refractivity contribution in [3.8, 4) is 5.75 Å². The summed E-state index contributed by atoms with van der Waals surface area (Å²) < 4.78 is 11.0. The molecule has 0 radical (unpaired) electrons. The summed E-state index contributed by atoms with van der Waals surface area (Å²) in [4.78, 5) is 11.1. The van der Waals surface area contributed by atoms with E-state index in [4.69, 9.17) is 19.2 Å². The van der Waals surface area contributed by atoms with Crippen LogP contribution in [-0.4, -0.2) is 25.6 Å². The predicted molar refractivity (Wildman–Crippen MR) is 75.1 cm³/mol. The van der Waals surface area contributed by atoms with E-state index in [1.54, 1.807) is 7.11 Å². The van der Waals surface area contributed by atoms with Crippen LogP contribution in [0.4, 0.5) is 0 Å². The minimum absolute atomic E-state index is 0.255. The second kappa shape index (κ2) is 5.56. The predicted octanol–water partition coefficient (Wildman–Crippen LogP) is 3.33. The van der Waals surface area contributed by atoms with Crippen molar-refractivity contribution in [2.24, 2.45) is 0 Å². The van der Waals surface area contributed by atoms with Gasteiger partial charge in [0.2, 0.25) is 5.79 Å². The molecular formula is C16H20O4. The lowest BCUT2D eigenvalue weighted by Crippen LogP contribution is -2.43. The Morgan fingerprint density at radius 1 is 1.25 bits per heavy atom. The second-order valence-corrected chi connectivity index (χ2v) is 5.35. The van der Waals surface area contributed by atoms with Crippen molar-refractivity contribution in [3.63, 3.8) is 0 Å². The topological polar surface area (TPSA) is 36.9 Å². The number of hydrogen-bond acceptors (Lipinski definition) is 4. The van der Waals surface area contributed by atoms with Crippen LogP contribution in [0.3, 0.4) is 0 Å². The van der Waals surface area contributed by atoms with Crippen molar-refractivity contribution in [2.45, 2.75) is 37.6 Å². The maximum Gasteiger partial charge on any atom is 0.201 e. The van der Waals surface area contributed by atoms with Crippen LogP contribution in [0.2, 0.25) is 0 Å². The zero-order chi connectivity index (χ0) is 14.0. The van der Waals surface area contributed by atoms with Gasteiger partial charge in [-0.1, -0.05) is 18.7 Å². The molecular weight excluding hydrogens is 256 g/mol. The highest BCUT2D eigenvalue weighted by Gasteiger charge is 2.42. The van der Waals surface area contributed by atoms with Gasteiger partial charge in [-0.15, -0.1) is 0 Å². The van der Waals surface area contributed by atoms with Crippen LogP contribution in [0.1, 0.15) is 31.2 Å². The maximum absolute atomic E-state index is 5.89. The average Bonchev–Trinajstić information content (AvgIpc) is 2.96. The van der Waals surface area contributed by atoms with Gasteiger partial charge in [-0.2, -0.15) is 0 Å². The summed E-state index contributed by atoms with van der Waals surface area (Å²) >= 11 is 0. The first-order chi connectivity index (χ1) is 9.72. The zero-order valence-electron chi connectivity index (χ0n) is 11.8. The van der Waals surface area contributed by atoms with E-state index in [0.29, 0.717) is 6.61 Å². The molecule has 0 bridgehead atoms. The Morgan fingerprint density at radius 2 is 1.95 bits per heavy atom. The number of rotatable bonds is 3. The van der Waals surface area contributed by atoms with E-state index in [0.717, 1.165) is 42.6 Å². The highest BCUT2D eigenvalue weighted by atomic mass is 17.2. The van der Waals surface area contributed by atoms with Gasteiger partial charge >= 0.3 is 0 Å². The summed E-state index contributed by atoms with van der Waals surface area (Å²) in [7, 11) is 1.65. The Balaban J connectivity index is 1.63. The van der Waals surface area contributed by atoms with Crippen LogP contribution in [0.15, 0.2) is 30.8 Å². The number of ether oxygens (including phenoxy) is 2. The lowest BCUT2D eigenvalue weighted by molar-refractivity contribution is -0.475. The maximum atomic E-state index is 5.89. The van der Waals surface area contributed by atoms with Crippen LogP contribution in [0.25, 0.3) is 5.57 Å². The van der Waals surface area contributed by atoms with Gasteiger partial charge in [0.25, 0.3) is 0 Å². The average molecular weight is 276 g/mol. The van der Waals surface area contributed by atoms with E-state index in [2.05, 4.69) is 6.58 Å². The largest absolute Gasteiger partial charge is 0.497 e. The molecule has 2 fully saturated rings. The SMILES string of the molecule is C=C(c1ccc(OC)cc1)C1COC2(CCCC2)OO1. The molecule has 1 saturated carbocycles. The van der Waals surface area contributed by atoms with E-state index in [9.17, 15) is 0 Å². The third-order valence-corrected chi connectivity index (χ3v) is 4.03. The minimum Gasteiger partial charge on any atom is -0.497 e. The van der Waals surface area contributed by atoms with Gasteiger partial charge in [0.15, 0.2) is 0 Å². The van der Waals surface area contributed by atoms with Crippen molar-refractivity contribution < 1.29 is 19.2 Å². The van der Waals surface area contributed by atoms with Crippen LogP contribution in [0.5, 0.6) is 5.75 Å². The second-order valence-electron chi connectivity index (χ2n) is 5.35. The molecule has 1 aliphatic heterocycles. The van der Waals surface area contributed by atoms with Crippen molar-refractivity contribution in [1.29, 1.82) is 0 Å². The fourth-order valence-electron chi connectivity index (χ4n) is 2.72. The molecule has 1 heterocycles. The summed E-state index contributed by atoms with van der Waals surface area (Å²) in [6.45, 7) is 4.58. The van der Waals surface area contributed by atoms with Crippen molar-refractivity contribution in [2.75, 3.05) is 13.7 Å². The summed E-state index contributed by atoms with van der Waals surface area (Å²) in [5.41, 5.74) is 1.87. The molecule has 4 heteroatoms. The summed E-state index contributed by atoms with van der Waals surface area (Å²) in [6, 6.07) is 7.74. The normalized spacial score (nSPS) is 24.8. The smallest absolute Gasteiger partial charge is 0.201 e. The molecule has 108 valence electrons. The Morgan fingerprint density at radius 3 is 2.50 bits per heavy atom. The molecule has 0 amide bonds. The molecule has 0 N–H and O–H groups in total. The van der Waals surface area contributed by atoms with Gasteiger partial charge < -0.3 is 9.47 Å². The van der Waals surface area contributed by atoms with E-state index in [-0.39, 0.29) is 6.10 Å². The Hall–Kier alpha value is -1.36. The van der Waals surface area contributed by atoms with Gasteiger partial charge in [-0.25, -0.2) is 9.78 Å². The third kappa shape index (κ3) is 2.59. The van der Waals surface area contributed by atoms with Crippen molar-refractivity contribution in [1.82, 2.24) is 0 Å². The Kier molecular flexibility index (Phi) is 3.78. The molecule has 1 aromatic rings. The zero-order valence-corrected chi connectivity index (χ0v) is 11.8. The number of hydrogen-bond donors (Lipinski definition) is 0. The molecule has 1 saturated heterocycles. The minimum atomic E-state index is -0.503. The molecule has 4 nitrogen and oxygen atoms in total. The van der Waals surface area contributed by atoms with E-state index < -0.39 is 5.79 Å². The Labute approximate surface area is 119 Å². The number of methoxy groups -OCH3 is 1. The van der Waals surface area contributed by atoms with E-state index in [1.165, 1.54) is 0 Å². The van der Waals surface area contributed by atoms with Crippen molar-refractivity contribution >= 4 is 5.57 Å². The summed E-state index contributed by atoms with van der Waals surface area (Å²) in [5.74, 6) is 0.319. The van der Waals surface area contributed by atoms with Crippen LogP contribution in [-0.2, 0) is 14.5 Å². The lowest BCUT2D eigenvalue weighted by atomic mass is 10.0. The third-order valence-electron chi connectivity index (χ3n) is 4.03. The Bertz CT molecular complexity index is 464. The fraction of sp³-hybridized carbons (Fsp3) is 0.500. The molecule has 1 unspecified atom stereocenters. The molecule has 2 aliphatic rings. The van der Waals surface area contributed by atoms with Gasteiger partial charge in [0.1, 0.15) is 11.9 Å². The highest BCUT2D eigenvalue weighted by molar-refractivity contribution is 5.67. The first-order valence-electron chi connectivity index (χ1n) is 7.04. The number of benzene rings is 1. The first-order valence-corrected chi connectivity index (χ1v) is 7.04.